The van der Waals surface area contributed by atoms with Gasteiger partial charge in [-0.3, -0.25) is 0 Å². The fourth-order valence-electron chi connectivity index (χ4n) is 2.89. The van der Waals surface area contributed by atoms with E-state index in [1.54, 1.807) is 0 Å². The highest BCUT2D eigenvalue weighted by Gasteiger charge is 2.15. The molecule has 0 heterocycles. The maximum atomic E-state index is 2.43. The molecule has 0 aliphatic carbocycles. The lowest BCUT2D eigenvalue weighted by Crippen LogP contribution is -2.22. The summed E-state index contributed by atoms with van der Waals surface area (Å²) in [6.07, 6.45) is 0. The maximum Gasteiger partial charge on any atom is 0.0429 e. The first-order chi connectivity index (χ1) is 11.1. The normalized spacial score (nSPS) is 12.3. The largest absolute Gasteiger partial charge is 0.367 e. The molecule has 2 aromatic carbocycles. The van der Waals surface area contributed by atoms with Crippen LogP contribution >= 0.6 is 0 Å². The Kier molecular flexibility index (Phi) is 5.42. The standard InChI is InChI=1S/C23H33N/c1-8-24(21-15-13-20(14-16-21)23(5,6)7)17-18-9-11-19(12-10-18)22(2,3)4/h9-16H,8,17H2,1-7H3. The summed E-state index contributed by atoms with van der Waals surface area (Å²) in [6.45, 7) is 17.8. The third kappa shape index (κ3) is 4.63. The van der Waals surface area contributed by atoms with Crippen molar-refractivity contribution in [3.05, 3.63) is 65.2 Å². The summed E-state index contributed by atoms with van der Waals surface area (Å²) < 4.78 is 0. The van der Waals surface area contributed by atoms with E-state index in [0.717, 1.165) is 13.1 Å². The summed E-state index contributed by atoms with van der Waals surface area (Å²) in [5, 5.41) is 0. The molecular weight excluding hydrogens is 290 g/mol. The Bertz CT molecular complexity index is 636. The van der Waals surface area contributed by atoms with Crippen LogP contribution in [0.15, 0.2) is 48.5 Å². The molecule has 0 unspecified atom stereocenters. The Morgan fingerprint density at radius 2 is 1.08 bits per heavy atom. The molecule has 0 aliphatic heterocycles. The Balaban J connectivity index is 2.14. The average Bonchev–Trinajstić information content (AvgIpc) is 2.51. The molecule has 2 rings (SSSR count). The first-order valence-corrected chi connectivity index (χ1v) is 9.06. The van der Waals surface area contributed by atoms with Gasteiger partial charge in [0.05, 0.1) is 0 Å². The van der Waals surface area contributed by atoms with Crippen molar-refractivity contribution in [2.24, 2.45) is 0 Å². The molecule has 130 valence electrons. The van der Waals surface area contributed by atoms with Gasteiger partial charge in [0.25, 0.3) is 0 Å². The summed E-state index contributed by atoms with van der Waals surface area (Å²) >= 11 is 0. The third-order valence-electron chi connectivity index (χ3n) is 4.67. The van der Waals surface area contributed by atoms with Crippen LogP contribution in [0.2, 0.25) is 0 Å². The molecule has 2 aromatic rings. The number of anilines is 1. The topological polar surface area (TPSA) is 3.24 Å². The van der Waals surface area contributed by atoms with Crippen LogP contribution in [-0.4, -0.2) is 6.54 Å². The highest BCUT2D eigenvalue weighted by Crippen LogP contribution is 2.26. The first kappa shape index (κ1) is 18.6. The number of nitrogens with zero attached hydrogens (tertiary/aromatic N) is 1. The molecule has 0 spiro atoms. The smallest absolute Gasteiger partial charge is 0.0429 e. The molecule has 0 aromatic heterocycles. The van der Waals surface area contributed by atoms with Crippen molar-refractivity contribution in [3.8, 4) is 0 Å². The van der Waals surface area contributed by atoms with Gasteiger partial charge in [-0.1, -0.05) is 77.9 Å². The molecule has 0 N–H and O–H groups in total. The molecule has 24 heavy (non-hydrogen) atoms. The van der Waals surface area contributed by atoms with E-state index >= 15 is 0 Å². The summed E-state index contributed by atoms with van der Waals surface area (Å²) in [7, 11) is 0. The number of hydrogen-bond acceptors (Lipinski definition) is 1. The number of hydrogen-bond donors (Lipinski definition) is 0. The molecule has 0 bridgehead atoms. The van der Waals surface area contributed by atoms with Gasteiger partial charge < -0.3 is 4.90 Å². The molecule has 0 aliphatic rings. The first-order valence-electron chi connectivity index (χ1n) is 9.06. The molecule has 0 atom stereocenters. The summed E-state index contributed by atoms with van der Waals surface area (Å²) in [5.74, 6) is 0. The van der Waals surface area contributed by atoms with Gasteiger partial charge in [-0.15, -0.1) is 0 Å². The van der Waals surface area contributed by atoms with E-state index < -0.39 is 0 Å². The van der Waals surface area contributed by atoms with Crippen LogP contribution in [0.3, 0.4) is 0 Å². The Morgan fingerprint density at radius 1 is 0.667 bits per heavy atom. The number of benzene rings is 2. The van der Waals surface area contributed by atoms with Crippen molar-refractivity contribution in [2.75, 3.05) is 11.4 Å². The Morgan fingerprint density at radius 3 is 1.46 bits per heavy atom. The van der Waals surface area contributed by atoms with Crippen LogP contribution in [0, 0.1) is 0 Å². The predicted octanol–water partition coefficient (Wildman–Crippen LogP) is 6.31. The second kappa shape index (κ2) is 7.01. The van der Waals surface area contributed by atoms with Crippen molar-refractivity contribution in [1.29, 1.82) is 0 Å². The molecular formula is C23H33N. The van der Waals surface area contributed by atoms with Crippen LogP contribution in [0.25, 0.3) is 0 Å². The van der Waals surface area contributed by atoms with E-state index in [9.17, 15) is 0 Å². The van der Waals surface area contributed by atoms with Gasteiger partial charge in [0.1, 0.15) is 0 Å². The van der Waals surface area contributed by atoms with E-state index in [1.165, 1.54) is 22.4 Å². The highest BCUT2D eigenvalue weighted by atomic mass is 15.1. The summed E-state index contributed by atoms with van der Waals surface area (Å²) in [6, 6.07) is 18.1. The zero-order chi connectivity index (χ0) is 18.0. The van der Waals surface area contributed by atoms with Gasteiger partial charge in [0.2, 0.25) is 0 Å². The second-order valence-corrected chi connectivity index (χ2v) is 8.76. The Hall–Kier alpha value is -1.76. The van der Waals surface area contributed by atoms with Crippen LogP contribution in [0.4, 0.5) is 5.69 Å². The van der Waals surface area contributed by atoms with Gasteiger partial charge in [0.15, 0.2) is 0 Å². The maximum absolute atomic E-state index is 2.43. The van der Waals surface area contributed by atoms with Crippen LogP contribution in [0.5, 0.6) is 0 Å². The molecule has 0 radical (unpaired) electrons. The quantitative estimate of drug-likeness (QED) is 0.637. The van der Waals surface area contributed by atoms with E-state index in [2.05, 4.69) is 102 Å². The fourth-order valence-corrected chi connectivity index (χ4v) is 2.89. The van der Waals surface area contributed by atoms with Crippen LogP contribution in [-0.2, 0) is 17.4 Å². The molecule has 0 saturated carbocycles. The minimum absolute atomic E-state index is 0.207. The molecule has 1 heteroatoms. The van der Waals surface area contributed by atoms with Crippen molar-refractivity contribution < 1.29 is 0 Å². The SMILES string of the molecule is CCN(Cc1ccc(C(C)(C)C)cc1)c1ccc(C(C)(C)C)cc1. The zero-order valence-electron chi connectivity index (χ0n) is 16.5. The number of rotatable bonds is 4. The van der Waals surface area contributed by atoms with Crippen molar-refractivity contribution in [3.63, 3.8) is 0 Å². The molecule has 0 amide bonds. The van der Waals surface area contributed by atoms with Crippen molar-refractivity contribution in [1.82, 2.24) is 0 Å². The minimum Gasteiger partial charge on any atom is -0.367 e. The minimum atomic E-state index is 0.207. The van der Waals surface area contributed by atoms with Crippen molar-refractivity contribution in [2.45, 2.75) is 65.8 Å². The second-order valence-electron chi connectivity index (χ2n) is 8.76. The van der Waals surface area contributed by atoms with Crippen molar-refractivity contribution >= 4 is 5.69 Å². The van der Waals surface area contributed by atoms with E-state index in [1.807, 2.05) is 0 Å². The van der Waals surface area contributed by atoms with Gasteiger partial charge in [-0.05, 0) is 46.6 Å². The Labute approximate surface area is 148 Å². The molecule has 0 fully saturated rings. The van der Waals surface area contributed by atoms with Gasteiger partial charge >= 0.3 is 0 Å². The van der Waals surface area contributed by atoms with E-state index in [4.69, 9.17) is 0 Å². The van der Waals surface area contributed by atoms with Crippen LogP contribution < -0.4 is 4.90 Å². The lowest BCUT2D eigenvalue weighted by Gasteiger charge is -2.26. The highest BCUT2D eigenvalue weighted by molar-refractivity contribution is 5.49. The average molecular weight is 324 g/mol. The van der Waals surface area contributed by atoms with Crippen LogP contribution in [0.1, 0.15) is 65.2 Å². The zero-order valence-corrected chi connectivity index (χ0v) is 16.5. The lowest BCUT2D eigenvalue weighted by atomic mass is 9.86. The van der Waals surface area contributed by atoms with E-state index in [0.29, 0.717) is 0 Å². The van der Waals surface area contributed by atoms with Gasteiger partial charge in [-0.2, -0.15) is 0 Å². The molecule has 1 nitrogen and oxygen atoms in total. The third-order valence-corrected chi connectivity index (χ3v) is 4.67. The van der Waals surface area contributed by atoms with E-state index in [-0.39, 0.29) is 10.8 Å². The predicted molar refractivity (Wildman–Crippen MR) is 107 cm³/mol. The van der Waals surface area contributed by atoms with Gasteiger partial charge in [0, 0.05) is 18.8 Å². The lowest BCUT2D eigenvalue weighted by molar-refractivity contribution is 0.589. The molecule has 0 saturated heterocycles. The van der Waals surface area contributed by atoms with Gasteiger partial charge in [-0.25, -0.2) is 0 Å². The fraction of sp³-hybridized carbons (Fsp3) is 0.478. The monoisotopic (exact) mass is 323 g/mol. The summed E-state index contributed by atoms with van der Waals surface area (Å²) in [4.78, 5) is 2.43. The summed E-state index contributed by atoms with van der Waals surface area (Å²) in [5.41, 5.74) is 5.86.